The van der Waals surface area contributed by atoms with Crippen LogP contribution in [0.2, 0.25) is 0 Å². The molecule has 0 amide bonds. The fourth-order valence-corrected chi connectivity index (χ4v) is 1.85. The zero-order valence-electron chi connectivity index (χ0n) is 9.28. The molecule has 6 heteroatoms. The minimum atomic E-state index is 0.285. The van der Waals surface area contributed by atoms with Crippen LogP contribution < -0.4 is 5.73 Å². The summed E-state index contributed by atoms with van der Waals surface area (Å²) in [5, 5.41) is 3.91. The van der Waals surface area contributed by atoms with Gasteiger partial charge in [-0.25, -0.2) is 0 Å². The van der Waals surface area contributed by atoms with E-state index in [1.807, 2.05) is 18.2 Å². The van der Waals surface area contributed by atoms with E-state index in [0.717, 1.165) is 18.8 Å². The van der Waals surface area contributed by atoms with Gasteiger partial charge in [0, 0.05) is 25.3 Å². The maximum absolute atomic E-state index is 5.70. The van der Waals surface area contributed by atoms with Crippen LogP contribution >= 0.6 is 0 Å². The van der Waals surface area contributed by atoms with Crippen molar-refractivity contribution in [1.82, 2.24) is 20.0 Å². The molecule has 3 rings (SSSR count). The van der Waals surface area contributed by atoms with Gasteiger partial charge in [0.05, 0.1) is 6.54 Å². The maximum Gasteiger partial charge on any atom is 0.241 e. The molecule has 0 radical (unpaired) electrons. The fourth-order valence-electron chi connectivity index (χ4n) is 1.85. The number of nitrogens with zero attached hydrogens (tertiary/aromatic N) is 4. The van der Waals surface area contributed by atoms with Crippen molar-refractivity contribution in [3.63, 3.8) is 0 Å². The van der Waals surface area contributed by atoms with Gasteiger partial charge in [0.2, 0.25) is 11.7 Å². The van der Waals surface area contributed by atoms with E-state index in [9.17, 15) is 0 Å². The van der Waals surface area contributed by atoms with Crippen molar-refractivity contribution < 1.29 is 4.52 Å². The Balaban J connectivity index is 1.70. The van der Waals surface area contributed by atoms with Gasteiger partial charge in [-0.15, -0.1) is 0 Å². The Morgan fingerprint density at radius 1 is 1.41 bits per heavy atom. The summed E-state index contributed by atoms with van der Waals surface area (Å²) in [6, 6.07) is 5.89. The lowest BCUT2D eigenvalue weighted by molar-refractivity contribution is 0.125. The molecule has 6 nitrogen and oxygen atoms in total. The Labute approximate surface area is 98.4 Å². The maximum atomic E-state index is 5.70. The van der Waals surface area contributed by atoms with E-state index >= 15 is 0 Å². The Kier molecular flexibility index (Phi) is 2.58. The molecule has 88 valence electrons. The van der Waals surface area contributed by atoms with Gasteiger partial charge in [0.25, 0.3) is 0 Å². The predicted octanol–water partition coefficient (Wildman–Crippen LogP) is 0.274. The molecule has 0 unspecified atom stereocenters. The molecule has 0 atom stereocenters. The van der Waals surface area contributed by atoms with Crippen LogP contribution in [0.3, 0.4) is 0 Å². The third-order valence-corrected chi connectivity index (χ3v) is 2.71. The second kappa shape index (κ2) is 4.23. The summed E-state index contributed by atoms with van der Waals surface area (Å²) in [4.78, 5) is 10.6. The molecule has 0 saturated carbocycles. The lowest BCUT2D eigenvalue weighted by Crippen LogP contribution is -2.54. The molecule has 1 aliphatic rings. The highest BCUT2D eigenvalue weighted by Gasteiger charge is 2.24. The lowest BCUT2D eigenvalue weighted by atomic mass is 10.1. The molecule has 2 N–H and O–H groups in total. The minimum absolute atomic E-state index is 0.285. The fraction of sp³-hybridized carbons (Fsp3) is 0.364. The van der Waals surface area contributed by atoms with E-state index in [-0.39, 0.29) is 6.04 Å². The standard InChI is InChI=1S/C11H13N5O/c12-8-5-16(6-8)7-10-14-11(15-17-10)9-3-1-2-4-13-9/h1-4,8H,5-7,12H2. The molecule has 0 aromatic carbocycles. The predicted molar refractivity (Wildman–Crippen MR) is 60.8 cm³/mol. The summed E-state index contributed by atoms with van der Waals surface area (Å²) < 4.78 is 5.18. The molecule has 17 heavy (non-hydrogen) atoms. The van der Waals surface area contributed by atoms with Gasteiger partial charge in [-0.3, -0.25) is 9.88 Å². The lowest BCUT2D eigenvalue weighted by Gasteiger charge is -2.35. The summed E-state index contributed by atoms with van der Waals surface area (Å²) in [5.41, 5.74) is 6.43. The highest BCUT2D eigenvalue weighted by Crippen LogP contribution is 2.15. The van der Waals surface area contributed by atoms with Crippen LogP contribution in [0.5, 0.6) is 0 Å². The summed E-state index contributed by atoms with van der Waals surface area (Å²) in [6.45, 7) is 2.44. The Hall–Kier alpha value is -1.79. The summed E-state index contributed by atoms with van der Waals surface area (Å²) in [6.07, 6.45) is 1.71. The molecule has 1 saturated heterocycles. The molecule has 1 fully saturated rings. The number of pyridine rings is 1. The number of hydrogen-bond donors (Lipinski definition) is 1. The second-order valence-electron chi connectivity index (χ2n) is 4.18. The number of rotatable bonds is 3. The summed E-state index contributed by atoms with van der Waals surface area (Å²) in [7, 11) is 0. The molecule has 2 aromatic heterocycles. The zero-order valence-corrected chi connectivity index (χ0v) is 9.28. The molecule has 3 heterocycles. The molecule has 0 spiro atoms. The van der Waals surface area contributed by atoms with E-state index in [1.165, 1.54) is 0 Å². The van der Waals surface area contributed by atoms with Crippen LogP contribution in [-0.2, 0) is 6.54 Å². The first-order chi connectivity index (χ1) is 8.31. The van der Waals surface area contributed by atoms with E-state index in [2.05, 4.69) is 20.0 Å². The number of nitrogens with two attached hydrogens (primary N) is 1. The van der Waals surface area contributed by atoms with Crippen molar-refractivity contribution in [2.45, 2.75) is 12.6 Å². The average Bonchev–Trinajstić information content (AvgIpc) is 2.77. The van der Waals surface area contributed by atoms with Gasteiger partial charge >= 0.3 is 0 Å². The van der Waals surface area contributed by atoms with Crippen molar-refractivity contribution in [2.75, 3.05) is 13.1 Å². The molecule has 1 aliphatic heterocycles. The van der Waals surface area contributed by atoms with Gasteiger partial charge in [-0.2, -0.15) is 4.98 Å². The van der Waals surface area contributed by atoms with Crippen LogP contribution in [0.4, 0.5) is 0 Å². The van der Waals surface area contributed by atoms with Gasteiger partial charge in [0.15, 0.2) is 0 Å². The van der Waals surface area contributed by atoms with E-state index < -0.39 is 0 Å². The first-order valence-electron chi connectivity index (χ1n) is 5.53. The van der Waals surface area contributed by atoms with Crippen molar-refractivity contribution in [2.24, 2.45) is 5.73 Å². The molecular weight excluding hydrogens is 218 g/mol. The van der Waals surface area contributed by atoms with Crippen molar-refractivity contribution in [3.8, 4) is 11.5 Å². The SMILES string of the molecule is NC1CN(Cc2nc(-c3ccccn3)no2)C1. The first kappa shape index (κ1) is 10.4. The van der Waals surface area contributed by atoms with Crippen LogP contribution in [0, 0.1) is 0 Å². The van der Waals surface area contributed by atoms with Crippen LogP contribution in [0.15, 0.2) is 28.9 Å². The van der Waals surface area contributed by atoms with E-state index in [1.54, 1.807) is 6.20 Å². The van der Waals surface area contributed by atoms with Crippen molar-refractivity contribution >= 4 is 0 Å². The molecular formula is C11H13N5O. The summed E-state index contributed by atoms with van der Waals surface area (Å²) in [5.74, 6) is 1.14. The van der Waals surface area contributed by atoms with Crippen LogP contribution in [0.25, 0.3) is 11.5 Å². The van der Waals surface area contributed by atoms with Gasteiger partial charge in [-0.05, 0) is 12.1 Å². The number of aromatic nitrogens is 3. The Morgan fingerprint density at radius 3 is 3.00 bits per heavy atom. The van der Waals surface area contributed by atoms with Gasteiger partial charge < -0.3 is 10.3 Å². The Morgan fingerprint density at radius 2 is 2.29 bits per heavy atom. The summed E-state index contributed by atoms with van der Waals surface area (Å²) >= 11 is 0. The van der Waals surface area contributed by atoms with E-state index in [4.69, 9.17) is 10.3 Å². The third kappa shape index (κ3) is 2.17. The van der Waals surface area contributed by atoms with E-state index in [0.29, 0.717) is 18.3 Å². The Bertz CT molecular complexity index is 492. The quantitative estimate of drug-likeness (QED) is 0.816. The average molecular weight is 231 g/mol. The molecule has 0 aliphatic carbocycles. The van der Waals surface area contributed by atoms with Crippen molar-refractivity contribution in [1.29, 1.82) is 0 Å². The highest BCUT2D eigenvalue weighted by molar-refractivity contribution is 5.46. The van der Waals surface area contributed by atoms with Gasteiger partial charge in [-0.1, -0.05) is 11.2 Å². The molecule has 2 aromatic rings. The normalized spacial score (nSPS) is 17.0. The zero-order chi connectivity index (χ0) is 11.7. The van der Waals surface area contributed by atoms with Crippen LogP contribution in [-0.4, -0.2) is 39.2 Å². The molecule has 0 bridgehead atoms. The van der Waals surface area contributed by atoms with Crippen LogP contribution in [0.1, 0.15) is 5.89 Å². The highest BCUT2D eigenvalue weighted by atomic mass is 16.5. The first-order valence-corrected chi connectivity index (χ1v) is 5.53. The smallest absolute Gasteiger partial charge is 0.241 e. The number of likely N-dealkylation sites (tertiary alicyclic amines) is 1. The third-order valence-electron chi connectivity index (χ3n) is 2.71. The second-order valence-corrected chi connectivity index (χ2v) is 4.18. The largest absolute Gasteiger partial charge is 0.337 e. The monoisotopic (exact) mass is 231 g/mol. The van der Waals surface area contributed by atoms with Gasteiger partial charge in [0.1, 0.15) is 5.69 Å². The van der Waals surface area contributed by atoms with Crippen molar-refractivity contribution in [3.05, 3.63) is 30.3 Å². The topological polar surface area (TPSA) is 81.1 Å². The minimum Gasteiger partial charge on any atom is -0.337 e. The number of hydrogen-bond acceptors (Lipinski definition) is 6.